The molecule has 0 aliphatic rings. The van der Waals surface area contributed by atoms with Crippen LogP contribution in [0.15, 0.2) is 78.2 Å². The topological polar surface area (TPSA) is 12.0 Å². The third-order valence-electron chi connectivity index (χ3n) is 3.21. The smallest absolute Gasteiger partial charge is 0.0370 e. The number of benzene rings is 2. The monoisotopic (exact) mass is 283 g/mol. The van der Waals surface area contributed by atoms with Gasteiger partial charge in [-0.15, -0.1) is 18.3 Å². The summed E-state index contributed by atoms with van der Waals surface area (Å²) in [5, 5.41) is 4.01. The minimum absolute atomic E-state index is 0.292. The molecule has 2 aromatic rings. The Bertz CT molecular complexity index is 509. The fraction of sp³-hybridized carbons (Fsp3) is 0.222. The van der Waals surface area contributed by atoms with E-state index in [1.807, 2.05) is 30.0 Å². The maximum atomic E-state index is 3.96. The zero-order valence-electron chi connectivity index (χ0n) is 11.8. The predicted molar refractivity (Wildman–Crippen MR) is 89.0 cm³/mol. The normalized spacial score (nSPS) is 13.7. The van der Waals surface area contributed by atoms with Gasteiger partial charge in [-0.05, 0) is 17.7 Å². The molecule has 0 spiro atoms. The quantitative estimate of drug-likeness (QED) is 0.592. The largest absolute Gasteiger partial charge is 0.305 e. The molecule has 20 heavy (non-hydrogen) atoms. The number of hydrogen-bond acceptors (Lipinski definition) is 2. The summed E-state index contributed by atoms with van der Waals surface area (Å²) in [4.78, 5) is 1.30. The average molecular weight is 283 g/mol. The Labute approximate surface area is 126 Å². The second kappa shape index (κ2) is 7.93. The van der Waals surface area contributed by atoms with E-state index in [9.17, 15) is 0 Å². The number of hydrogen-bond donors (Lipinski definition) is 1. The zero-order valence-corrected chi connectivity index (χ0v) is 12.6. The summed E-state index contributed by atoms with van der Waals surface area (Å²) in [6.07, 6.45) is 2.00. The van der Waals surface area contributed by atoms with Crippen molar-refractivity contribution in [1.29, 1.82) is 0 Å². The molecule has 0 aliphatic heterocycles. The summed E-state index contributed by atoms with van der Waals surface area (Å²) < 4.78 is 0. The summed E-state index contributed by atoms with van der Waals surface area (Å²) in [5.41, 5.74) is 1.30. The van der Waals surface area contributed by atoms with Crippen molar-refractivity contribution >= 4 is 11.8 Å². The highest BCUT2D eigenvalue weighted by atomic mass is 32.2. The van der Waals surface area contributed by atoms with Gasteiger partial charge in [-0.1, -0.05) is 61.5 Å². The molecule has 104 valence electrons. The van der Waals surface area contributed by atoms with Crippen LogP contribution in [0.25, 0.3) is 0 Å². The first-order valence-corrected chi connectivity index (χ1v) is 7.79. The summed E-state index contributed by atoms with van der Waals surface area (Å²) in [5.74, 6) is 0. The average Bonchev–Trinajstić information content (AvgIpc) is 2.50. The molecule has 0 amide bonds. The molecule has 1 nitrogen and oxygen atoms in total. The molecule has 2 atom stereocenters. The molecular weight excluding hydrogens is 262 g/mol. The van der Waals surface area contributed by atoms with Crippen molar-refractivity contribution in [2.45, 2.75) is 29.7 Å². The zero-order chi connectivity index (χ0) is 14.2. The summed E-state index contributed by atoms with van der Waals surface area (Å²) in [6.45, 7) is 7.07. The van der Waals surface area contributed by atoms with Crippen LogP contribution < -0.4 is 5.32 Å². The van der Waals surface area contributed by atoms with E-state index in [0.717, 1.165) is 6.54 Å². The van der Waals surface area contributed by atoms with Crippen molar-refractivity contribution < 1.29 is 0 Å². The van der Waals surface area contributed by atoms with E-state index in [4.69, 9.17) is 0 Å². The minimum atomic E-state index is 0.292. The van der Waals surface area contributed by atoms with Gasteiger partial charge in [0.05, 0.1) is 0 Å². The van der Waals surface area contributed by atoms with Gasteiger partial charge in [-0.2, -0.15) is 0 Å². The van der Waals surface area contributed by atoms with Crippen LogP contribution in [0.2, 0.25) is 0 Å². The predicted octanol–water partition coefficient (Wildman–Crippen LogP) is 4.51. The Kier molecular flexibility index (Phi) is 5.90. The first kappa shape index (κ1) is 14.9. The fourth-order valence-corrected chi connectivity index (χ4v) is 3.16. The number of nitrogens with one attached hydrogen (secondary N) is 1. The third-order valence-corrected chi connectivity index (χ3v) is 4.42. The summed E-state index contributed by atoms with van der Waals surface area (Å²) in [7, 11) is 0. The maximum Gasteiger partial charge on any atom is 0.0370 e. The molecule has 1 N–H and O–H groups in total. The van der Waals surface area contributed by atoms with Gasteiger partial charge in [0.25, 0.3) is 0 Å². The second-order valence-corrected chi connectivity index (χ2v) is 6.21. The van der Waals surface area contributed by atoms with Crippen molar-refractivity contribution in [2.75, 3.05) is 0 Å². The lowest BCUT2D eigenvalue weighted by Crippen LogP contribution is -2.34. The molecule has 0 saturated carbocycles. The van der Waals surface area contributed by atoms with Crippen molar-refractivity contribution in [1.82, 2.24) is 5.32 Å². The van der Waals surface area contributed by atoms with Crippen LogP contribution >= 0.6 is 11.8 Å². The van der Waals surface area contributed by atoms with Crippen LogP contribution in [0.1, 0.15) is 12.5 Å². The van der Waals surface area contributed by atoms with Gasteiger partial charge in [0.1, 0.15) is 0 Å². The molecule has 2 heteroatoms. The van der Waals surface area contributed by atoms with Gasteiger partial charge < -0.3 is 5.32 Å². The van der Waals surface area contributed by atoms with Gasteiger partial charge >= 0.3 is 0 Å². The SMILES string of the molecule is C=CC(NCc1ccccc1)C(C)Sc1ccccc1. The standard InChI is InChI=1S/C18H21NS/c1-3-18(19-14-16-10-6-4-7-11-16)15(2)20-17-12-8-5-9-13-17/h3-13,15,18-19H,1,14H2,2H3. The Morgan fingerprint density at radius 3 is 2.25 bits per heavy atom. The highest BCUT2D eigenvalue weighted by Crippen LogP contribution is 2.25. The number of rotatable bonds is 7. The van der Waals surface area contributed by atoms with Crippen molar-refractivity contribution in [3.05, 3.63) is 78.9 Å². The van der Waals surface area contributed by atoms with E-state index in [2.05, 4.69) is 67.4 Å². The maximum absolute atomic E-state index is 3.96. The van der Waals surface area contributed by atoms with E-state index in [1.165, 1.54) is 10.5 Å². The van der Waals surface area contributed by atoms with Crippen molar-refractivity contribution in [3.63, 3.8) is 0 Å². The van der Waals surface area contributed by atoms with Gasteiger partial charge in [0, 0.05) is 22.7 Å². The number of thioether (sulfide) groups is 1. The molecule has 0 saturated heterocycles. The van der Waals surface area contributed by atoms with Crippen molar-refractivity contribution in [2.24, 2.45) is 0 Å². The molecule has 0 radical (unpaired) electrons. The molecule has 0 aliphatic carbocycles. The Balaban J connectivity index is 1.89. The van der Waals surface area contributed by atoms with Crippen LogP contribution in [-0.2, 0) is 6.54 Å². The lowest BCUT2D eigenvalue weighted by atomic mass is 10.2. The molecule has 0 aromatic heterocycles. The van der Waals surface area contributed by atoms with Crippen LogP contribution in [0, 0.1) is 0 Å². The molecule has 2 aromatic carbocycles. The first-order chi connectivity index (χ1) is 9.79. The lowest BCUT2D eigenvalue weighted by molar-refractivity contribution is 0.588. The van der Waals surface area contributed by atoms with Crippen LogP contribution in [0.4, 0.5) is 0 Å². The van der Waals surface area contributed by atoms with Crippen LogP contribution in [0.3, 0.4) is 0 Å². The molecule has 2 unspecified atom stereocenters. The van der Waals surface area contributed by atoms with E-state index in [1.54, 1.807) is 0 Å². The molecule has 0 bridgehead atoms. The Morgan fingerprint density at radius 2 is 1.65 bits per heavy atom. The molecule has 0 heterocycles. The Morgan fingerprint density at radius 1 is 1.05 bits per heavy atom. The molecular formula is C18H21NS. The van der Waals surface area contributed by atoms with Crippen LogP contribution in [-0.4, -0.2) is 11.3 Å². The highest BCUT2D eigenvalue weighted by Gasteiger charge is 2.14. The van der Waals surface area contributed by atoms with E-state index in [-0.39, 0.29) is 0 Å². The minimum Gasteiger partial charge on any atom is -0.305 e. The first-order valence-electron chi connectivity index (χ1n) is 6.91. The van der Waals surface area contributed by atoms with Crippen molar-refractivity contribution in [3.8, 4) is 0 Å². The summed E-state index contributed by atoms with van der Waals surface area (Å²) in [6, 6.07) is 21.3. The van der Waals surface area contributed by atoms with Gasteiger partial charge in [-0.25, -0.2) is 0 Å². The van der Waals surface area contributed by atoms with Gasteiger partial charge in [-0.3, -0.25) is 0 Å². The van der Waals surface area contributed by atoms with Gasteiger partial charge in [0.15, 0.2) is 0 Å². The fourth-order valence-electron chi connectivity index (χ4n) is 2.06. The van der Waals surface area contributed by atoms with E-state index in [0.29, 0.717) is 11.3 Å². The van der Waals surface area contributed by atoms with E-state index < -0.39 is 0 Å². The highest BCUT2D eigenvalue weighted by molar-refractivity contribution is 8.00. The van der Waals surface area contributed by atoms with E-state index >= 15 is 0 Å². The summed E-state index contributed by atoms with van der Waals surface area (Å²) >= 11 is 1.88. The Hall–Kier alpha value is -1.51. The van der Waals surface area contributed by atoms with Crippen LogP contribution in [0.5, 0.6) is 0 Å². The second-order valence-electron chi connectivity index (χ2n) is 4.76. The molecule has 2 rings (SSSR count). The third kappa shape index (κ3) is 4.55. The van der Waals surface area contributed by atoms with Gasteiger partial charge in [0.2, 0.25) is 0 Å². The molecule has 0 fully saturated rings. The lowest BCUT2D eigenvalue weighted by Gasteiger charge is -2.22.